The molecule has 0 aliphatic carbocycles. The zero-order chi connectivity index (χ0) is 12.3. The van der Waals surface area contributed by atoms with Crippen LogP contribution in [-0.4, -0.2) is 19.3 Å². The molecule has 0 aromatic heterocycles. The lowest BCUT2D eigenvalue weighted by molar-refractivity contribution is 0.404. The van der Waals surface area contributed by atoms with Gasteiger partial charge < -0.3 is 14.6 Å². The SMILES string of the molecule is COc1ccc(OC)c(-c2cccc(O)c2)c1. The number of methoxy groups -OCH3 is 2. The predicted octanol–water partition coefficient (Wildman–Crippen LogP) is 3.08. The molecule has 0 aliphatic heterocycles. The maximum atomic E-state index is 9.49. The summed E-state index contributed by atoms with van der Waals surface area (Å²) in [5.41, 5.74) is 1.78. The number of rotatable bonds is 3. The van der Waals surface area contributed by atoms with Crippen LogP contribution in [0.2, 0.25) is 0 Å². The van der Waals surface area contributed by atoms with E-state index in [-0.39, 0.29) is 5.75 Å². The van der Waals surface area contributed by atoms with Crippen LogP contribution in [0, 0.1) is 0 Å². The summed E-state index contributed by atoms with van der Waals surface area (Å²) < 4.78 is 10.5. The van der Waals surface area contributed by atoms with Gasteiger partial charge in [0.2, 0.25) is 0 Å². The van der Waals surface area contributed by atoms with Gasteiger partial charge in [0.05, 0.1) is 14.2 Å². The maximum absolute atomic E-state index is 9.49. The van der Waals surface area contributed by atoms with Crippen LogP contribution >= 0.6 is 0 Å². The van der Waals surface area contributed by atoms with Crippen LogP contribution in [0.4, 0.5) is 0 Å². The van der Waals surface area contributed by atoms with Crippen molar-refractivity contribution in [3.05, 3.63) is 42.5 Å². The van der Waals surface area contributed by atoms with Crippen molar-refractivity contribution in [3.63, 3.8) is 0 Å². The molecule has 1 N–H and O–H groups in total. The Morgan fingerprint density at radius 3 is 2.41 bits per heavy atom. The van der Waals surface area contributed by atoms with Crippen LogP contribution in [0.3, 0.4) is 0 Å². The van der Waals surface area contributed by atoms with Gasteiger partial charge in [-0.2, -0.15) is 0 Å². The lowest BCUT2D eigenvalue weighted by Crippen LogP contribution is -1.90. The molecule has 0 atom stereocenters. The molecule has 0 unspecified atom stereocenters. The molecule has 3 nitrogen and oxygen atoms in total. The van der Waals surface area contributed by atoms with Gasteiger partial charge >= 0.3 is 0 Å². The van der Waals surface area contributed by atoms with Crippen molar-refractivity contribution in [2.24, 2.45) is 0 Å². The van der Waals surface area contributed by atoms with Gasteiger partial charge in [-0.05, 0) is 35.9 Å². The first kappa shape index (κ1) is 11.3. The van der Waals surface area contributed by atoms with Crippen molar-refractivity contribution in [1.82, 2.24) is 0 Å². The fraction of sp³-hybridized carbons (Fsp3) is 0.143. The van der Waals surface area contributed by atoms with Crippen LogP contribution in [0.25, 0.3) is 11.1 Å². The van der Waals surface area contributed by atoms with Crippen LogP contribution < -0.4 is 9.47 Å². The Labute approximate surface area is 100 Å². The topological polar surface area (TPSA) is 38.7 Å². The molecule has 0 amide bonds. The van der Waals surface area contributed by atoms with Gasteiger partial charge in [0.1, 0.15) is 17.2 Å². The van der Waals surface area contributed by atoms with E-state index < -0.39 is 0 Å². The van der Waals surface area contributed by atoms with Crippen LogP contribution in [0.5, 0.6) is 17.2 Å². The highest BCUT2D eigenvalue weighted by molar-refractivity contribution is 5.73. The lowest BCUT2D eigenvalue weighted by atomic mass is 10.0. The third-order valence-electron chi connectivity index (χ3n) is 2.56. The largest absolute Gasteiger partial charge is 0.508 e. The smallest absolute Gasteiger partial charge is 0.126 e. The van der Waals surface area contributed by atoms with Gasteiger partial charge in [0, 0.05) is 5.56 Å². The Morgan fingerprint density at radius 2 is 1.76 bits per heavy atom. The third-order valence-corrected chi connectivity index (χ3v) is 2.56. The van der Waals surface area contributed by atoms with Crippen molar-refractivity contribution in [2.45, 2.75) is 0 Å². The first-order chi connectivity index (χ1) is 8.24. The summed E-state index contributed by atoms with van der Waals surface area (Å²) >= 11 is 0. The van der Waals surface area contributed by atoms with Crippen LogP contribution in [0.1, 0.15) is 0 Å². The van der Waals surface area contributed by atoms with E-state index in [1.54, 1.807) is 32.4 Å². The molecule has 0 fully saturated rings. The Balaban J connectivity index is 2.56. The summed E-state index contributed by atoms with van der Waals surface area (Å²) in [6.45, 7) is 0. The molecule has 0 spiro atoms. The number of phenolic OH excluding ortho intramolecular Hbond substituents is 1. The minimum atomic E-state index is 0.229. The van der Waals surface area contributed by atoms with E-state index in [1.165, 1.54) is 0 Å². The van der Waals surface area contributed by atoms with Crippen LogP contribution in [0.15, 0.2) is 42.5 Å². The second kappa shape index (κ2) is 4.78. The summed E-state index contributed by atoms with van der Waals surface area (Å²) in [5, 5.41) is 9.49. The highest BCUT2D eigenvalue weighted by atomic mass is 16.5. The first-order valence-electron chi connectivity index (χ1n) is 5.26. The lowest BCUT2D eigenvalue weighted by Gasteiger charge is -2.10. The van der Waals surface area contributed by atoms with E-state index in [4.69, 9.17) is 9.47 Å². The zero-order valence-corrected chi connectivity index (χ0v) is 9.81. The molecule has 0 heterocycles. The Bertz CT molecular complexity index is 521. The minimum absolute atomic E-state index is 0.229. The average molecular weight is 230 g/mol. The van der Waals surface area contributed by atoms with Gasteiger partial charge in [-0.15, -0.1) is 0 Å². The fourth-order valence-corrected chi connectivity index (χ4v) is 1.71. The quantitative estimate of drug-likeness (QED) is 0.880. The summed E-state index contributed by atoms with van der Waals surface area (Å²) in [6.07, 6.45) is 0. The monoisotopic (exact) mass is 230 g/mol. The maximum Gasteiger partial charge on any atom is 0.126 e. The molecule has 2 aromatic carbocycles. The van der Waals surface area contributed by atoms with E-state index in [1.807, 2.05) is 24.3 Å². The van der Waals surface area contributed by atoms with Gasteiger partial charge in [-0.1, -0.05) is 12.1 Å². The number of phenols is 1. The average Bonchev–Trinajstić information content (AvgIpc) is 2.38. The number of benzene rings is 2. The molecule has 17 heavy (non-hydrogen) atoms. The molecule has 2 rings (SSSR count). The fourth-order valence-electron chi connectivity index (χ4n) is 1.71. The van der Waals surface area contributed by atoms with Gasteiger partial charge in [-0.3, -0.25) is 0 Å². The second-order valence-electron chi connectivity index (χ2n) is 3.62. The zero-order valence-electron chi connectivity index (χ0n) is 9.81. The highest BCUT2D eigenvalue weighted by Crippen LogP contribution is 2.34. The third kappa shape index (κ3) is 2.33. The van der Waals surface area contributed by atoms with E-state index in [0.717, 1.165) is 22.6 Å². The molecule has 0 bridgehead atoms. The predicted molar refractivity (Wildman–Crippen MR) is 66.6 cm³/mol. The number of hydrogen-bond donors (Lipinski definition) is 1. The van der Waals surface area contributed by atoms with Gasteiger partial charge in [0.25, 0.3) is 0 Å². The van der Waals surface area contributed by atoms with Gasteiger partial charge in [0.15, 0.2) is 0 Å². The Hall–Kier alpha value is -2.16. The highest BCUT2D eigenvalue weighted by Gasteiger charge is 2.07. The standard InChI is InChI=1S/C14H14O3/c1-16-12-6-7-14(17-2)13(9-12)10-4-3-5-11(15)8-10/h3-9,15H,1-2H3. The molecule has 2 aromatic rings. The summed E-state index contributed by atoms with van der Waals surface area (Å²) in [6, 6.07) is 12.6. The number of hydrogen-bond acceptors (Lipinski definition) is 3. The summed E-state index contributed by atoms with van der Waals surface area (Å²) in [7, 11) is 3.24. The molecular formula is C14H14O3. The van der Waals surface area contributed by atoms with E-state index in [0.29, 0.717) is 0 Å². The molecule has 0 saturated heterocycles. The van der Waals surface area contributed by atoms with Crippen molar-refractivity contribution >= 4 is 0 Å². The van der Waals surface area contributed by atoms with Crippen LogP contribution in [-0.2, 0) is 0 Å². The molecule has 0 saturated carbocycles. The molecule has 0 aliphatic rings. The van der Waals surface area contributed by atoms with Gasteiger partial charge in [-0.25, -0.2) is 0 Å². The van der Waals surface area contributed by atoms with E-state index in [9.17, 15) is 5.11 Å². The van der Waals surface area contributed by atoms with Crippen molar-refractivity contribution < 1.29 is 14.6 Å². The molecule has 3 heteroatoms. The van der Waals surface area contributed by atoms with Crippen molar-refractivity contribution in [1.29, 1.82) is 0 Å². The molecule has 0 radical (unpaired) electrons. The van der Waals surface area contributed by atoms with Crippen molar-refractivity contribution in [3.8, 4) is 28.4 Å². The summed E-state index contributed by atoms with van der Waals surface area (Å²) in [4.78, 5) is 0. The van der Waals surface area contributed by atoms with E-state index >= 15 is 0 Å². The number of aromatic hydroxyl groups is 1. The Kier molecular flexibility index (Phi) is 3.19. The minimum Gasteiger partial charge on any atom is -0.508 e. The Morgan fingerprint density at radius 1 is 0.941 bits per heavy atom. The normalized spacial score (nSPS) is 10.0. The summed E-state index contributed by atoms with van der Waals surface area (Å²) in [5.74, 6) is 1.73. The van der Waals surface area contributed by atoms with Crippen molar-refractivity contribution in [2.75, 3.05) is 14.2 Å². The van der Waals surface area contributed by atoms with E-state index in [2.05, 4.69) is 0 Å². The molecular weight excluding hydrogens is 216 g/mol. The molecule has 88 valence electrons. The first-order valence-corrected chi connectivity index (χ1v) is 5.26. The second-order valence-corrected chi connectivity index (χ2v) is 3.62. The number of ether oxygens (including phenoxy) is 2.